The smallest absolute Gasteiger partial charge is 0.341 e. The minimum absolute atomic E-state index is 0.304. The van der Waals surface area contributed by atoms with Crippen LogP contribution >= 0.6 is 23.6 Å². The molecule has 33 heavy (non-hydrogen) atoms. The fourth-order valence-electron chi connectivity index (χ4n) is 3.85. The van der Waals surface area contributed by atoms with Gasteiger partial charge in [0.15, 0.2) is 5.11 Å². The molecule has 2 aromatic carbocycles. The number of hydrogen-bond acceptors (Lipinski definition) is 5. The monoisotopic (exact) mass is 479 g/mol. The zero-order chi connectivity index (χ0) is 23.4. The Balaban J connectivity index is 1.57. The van der Waals surface area contributed by atoms with E-state index in [-0.39, 0.29) is 5.97 Å². The van der Waals surface area contributed by atoms with Crippen LogP contribution in [0.3, 0.4) is 0 Å². The highest BCUT2D eigenvalue weighted by Crippen LogP contribution is 2.38. The van der Waals surface area contributed by atoms with Crippen molar-refractivity contribution < 1.29 is 9.53 Å². The molecule has 1 aromatic heterocycles. The first-order valence-electron chi connectivity index (χ1n) is 11.1. The van der Waals surface area contributed by atoms with E-state index in [1.165, 1.54) is 10.4 Å². The Morgan fingerprint density at radius 3 is 2.39 bits per heavy atom. The summed E-state index contributed by atoms with van der Waals surface area (Å²) in [4.78, 5) is 16.8. The van der Waals surface area contributed by atoms with Gasteiger partial charge in [0.25, 0.3) is 0 Å². The summed E-state index contributed by atoms with van der Waals surface area (Å²) in [6.45, 7) is 8.24. The predicted octanol–water partition coefficient (Wildman–Crippen LogP) is 6.07. The molecule has 1 aliphatic rings. The number of thiophene rings is 1. The standard InChI is InChI=1S/C26H29N3O2S2/c1-26(2,3)31-24(30)22-20-14-15-29(16-18-10-6-4-7-11-18)17-21(20)33-23(22)28-25(32)27-19-12-8-5-9-13-19/h4-13H,14-17H2,1-3H3,(H2,27,28,32). The number of nitrogens with one attached hydrogen (secondary N) is 2. The Kier molecular flexibility index (Phi) is 7.12. The first-order chi connectivity index (χ1) is 15.8. The number of thiocarbonyl (C=S) groups is 1. The molecule has 0 saturated heterocycles. The molecule has 0 aliphatic carbocycles. The van der Waals surface area contributed by atoms with Crippen molar-refractivity contribution in [3.8, 4) is 0 Å². The molecule has 5 nitrogen and oxygen atoms in total. The number of hydrogen-bond donors (Lipinski definition) is 2. The maximum Gasteiger partial charge on any atom is 0.341 e. The summed E-state index contributed by atoms with van der Waals surface area (Å²) >= 11 is 7.13. The van der Waals surface area contributed by atoms with Crippen LogP contribution in [0.2, 0.25) is 0 Å². The molecule has 0 atom stereocenters. The zero-order valence-electron chi connectivity index (χ0n) is 19.2. The predicted molar refractivity (Wildman–Crippen MR) is 140 cm³/mol. The normalized spacial score (nSPS) is 13.8. The topological polar surface area (TPSA) is 53.6 Å². The lowest BCUT2D eigenvalue weighted by molar-refractivity contribution is 0.00695. The van der Waals surface area contributed by atoms with Crippen LogP contribution in [0.1, 0.15) is 47.1 Å². The summed E-state index contributed by atoms with van der Waals surface area (Å²) < 4.78 is 5.76. The second-order valence-corrected chi connectivity index (χ2v) is 10.6. The number of anilines is 2. The van der Waals surface area contributed by atoms with Crippen molar-refractivity contribution in [1.82, 2.24) is 4.90 Å². The van der Waals surface area contributed by atoms with Gasteiger partial charge in [0.05, 0.1) is 5.56 Å². The molecule has 0 radical (unpaired) electrons. The Labute approximate surface area is 204 Å². The van der Waals surface area contributed by atoms with E-state index in [9.17, 15) is 4.79 Å². The van der Waals surface area contributed by atoms with E-state index in [1.54, 1.807) is 11.3 Å². The van der Waals surface area contributed by atoms with E-state index in [0.717, 1.165) is 42.3 Å². The first kappa shape index (κ1) is 23.4. The van der Waals surface area contributed by atoms with Crippen LogP contribution in [0.5, 0.6) is 0 Å². The van der Waals surface area contributed by atoms with Crippen molar-refractivity contribution in [3.63, 3.8) is 0 Å². The SMILES string of the molecule is CC(C)(C)OC(=O)c1c(NC(=S)Nc2ccccc2)sc2c1CCN(Cc1ccccc1)C2. The molecule has 4 rings (SSSR count). The van der Waals surface area contributed by atoms with Crippen LogP contribution in [0.4, 0.5) is 10.7 Å². The quantitative estimate of drug-likeness (QED) is 0.342. The number of carbonyl (C=O) groups is 1. The minimum atomic E-state index is -0.569. The van der Waals surface area contributed by atoms with E-state index in [0.29, 0.717) is 10.7 Å². The van der Waals surface area contributed by atoms with Gasteiger partial charge in [-0.15, -0.1) is 11.3 Å². The summed E-state index contributed by atoms with van der Waals surface area (Å²) in [5.74, 6) is -0.304. The second-order valence-electron chi connectivity index (χ2n) is 9.10. The molecule has 0 amide bonds. The second kappa shape index (κ2) is 10.0. The largest absolute Gasteiger partial charge is 0.456 e. The molecule has 3 aromatic rings. The van der Waals surface area contributed by atoms with Gasteiger partial charge in [-0.1, -0.05) is 48.5 Å². The van der Waals surface area contributed by atoms with Gasteiger partial charge in [-0.2, -0.15) is 0 Å². The Morgan fingerprint density at radius 2 is 1.73 bits per heavy atom. The molecule has 2 N–H and O–H groups in total. The number of benzene rings is 2. The molecule has 0 unspecified atom stereocenters. The van der Waals surface area contributed by atoms with Gasteiger partial charge in [0, 0.05) is 30.2 Å². The molecule has 172 valence electrons. The lowest BCUT2D eigenvalue weighted by atomic mass is 10.0. The first-order valence-corrected chi connectivity index (χ1v) is 12.3. The third-order valence-electron chi connectivity index (χ3n) is 5.25. The molecule has 0 saturated carbocycles. The molecule has 0 fully saturated rings. The van der Waals surface area contributed by atoms with E-state index in [4.69, 9.17) is 17.0 Å². The molecule has 2 heterocycles. The van der Waals surface area contributed by atoms with Crippen molar-refractivity contribution in [2.45, 2.75) is 45.9 Å². The van der Waals surface area contributed by atoms with Gasteiger partial charge in [-0.05, 0) is 62.7 Å². The molecule has 1 aliphatic heterocycles. The highest BCUT2D eigenvalue weighted by Gasteiger charge is 2.31. The summed E-state index contributed by atoms with van der Waals surface area (Å²) in [5, 5.41) is 7.65. The van der Waals surface area contributed by atoms with E-state index in [1.807, 2.05) is 57.2 Å². The fourth-order valence-corrected chi connectivity index (χ4v) is 5.42. The van der Waals surface area contributed by atoms with Crippen LogP contribution in [0.25, 0.3) is 0 Å². The number of carbonyl (C=O) groups excluding carboxylic acids is 1. The number of rotatable bonds is 5. The van der Waals surface area contributed by atoms with Crippen LogP contribution in [0.15, 0.2) is 60.7 Å². The van der Waals surface area contributed by atoms with Crippen molar-refractivity contribution in [1.29, 1.82) is 0 Å². The number of para-hydroxylation sites is 1. The molecular weight excluding hydrogens is 450 g/mol. The molecule has 0 bridgehead atoms. The zero-order valence-corrected chi connectivity index (χ0v) is 20.8. The molecule has 0 spiro atoms. The van der Waals surface area contributed by atoms with Gasteiger partial charge in [-0.3, -0.25) is 4.90 Å². The lowest BCUT2D eigenvalue weighted by Gasteiger charge is -2.27. The Hall–Kier alpha value is -2.74. The van der Waals surface area contributed by atoms with Crippen molar-refractivity contribution in [2.75, 3.05) is 17.2 Å². The number of ether oxygens (including phenoxy) is 1. The van der Waals surface area contributed by atoms with Crippen LogP contribution < -0.4 is 10.6 Å². The minimum Gasteiger partial charge on any atom is -0.456 e. The van der Waals surface area contributed by atoms with Crippen molar-refractivity contribution in [3.05, 3.63) is 82.2 Å². The van der Waals surface area contributed by atoms with Crippen LogP contribution in [-0.2, 0) is 24.2 Å². The highest BCUT2D eigenvalue weighted by atomic mass is 32.1. The average molecular weight is 480 g/mol. The van der Waals surface area contributed by atoms with Gasteiger partial charge in [0.1, 0.15) is 10.6 Å². The fraction of sp³-hybridized carbons (Fsp3) is 0.308. The Bertz CT molecular complexity index is 1120. The van der Waals surface area contributed by atoms with Gasteiger partial charge < -0.3 is 15.4 Å². The van der Waals surface area contributed by atoms with Crippen LogP contribution in [-0.4, -0.2) is 28.1 Å². The van der Waals surface area contributed by atoms with Gasteiger partial charge >= 0.3 is 5.97 Å². The van der Waals surface area contributed by atoms with Crippen LogP contribution in [0, 0.1) is 0 Å². The maximum atomic E-state index is 13.2. The number of esters is 1. The van der Waals surface area contributed by atoms with Crippen molar-refractivity contribution >= 4 is 45.3 Å². The summed E-state index contributed by atoms with van der Waals surface area (Å²) in [7, 11) is 0. The van der Waals surface area contributed by atoms with E-state index < -0.39 is 5.60 Å². The Morgan fingerprint density at radius 1 is 1.06 bits per heavy atom. The van der Waals surface area contributed by atoms with Gasteiger partial charge in [0.2, 0.25) is 0 Å². The number of nitrogens with zero attached hydrogens (tertiary/aromatic N) is 1. The highest BCUT2D eigenvalue weighted by molar-refractivity contribution is 7.80. The lowest BCUT2D eigenvalue weighted by Crippen LogP contribution is -2.30. The van der Waals surface area contributed by atoms with Gasteiger partial charge in [-0.25, -0.2) is 4.79 Å². The molecule has 7 heteroatoms. The molecular formula is C26H29N3O2S2. The van der Waals surface area contributed by atoms with Crippen molar-refractivity contribution in [2.24, 2.45) is 0 Å². The van der Waals surface area contributed by atoms with E-state index >= 15 is 0 Å². The summed E-state index contributed by atoms with van der Waals surface area (Å²) in [6, 6.07) is 20.2. The number of fused-ring (bicyclic) bond motifs is 1. The third kappa shape index (κ3) is 6.19. The summed E-state index contributed by atoms with van der Waals surface area (Å²) in [6.07, 6.45) is 0.799. The maximum absolute atomic E-state index is 13.2. The van der Waals surface area contributed by atoms with E-state index in [2.05, 4.69) is 39.8 Å². The average Bonchev–Trinajstić information content (AvgIpc) is 3.11. The third-order valence-corrected chi connectivity index (χ3v) is 6.58. The summed E-state index contributed by atoms with van der Waals surface area (Å²) in [5.41, 5.74) is 3.30.